The molecule has 5 nitrogen and oxygen atoms in total. The quantitative estimate of drug-likeness (QED) is 0.619. The molecule has 0 unspecified atom stereocenters. The Kier molecular flexibility index (Phi) is 2.14. The van der Waals surface area contributed by atoms with Gasteiger partial charge in [-0.3, -0.25) is 4.79 Å². The molecule has 0 aliphatic rings. The fraction of sp³-hybridized carbons (Fsp3) is 0.429. The Bertz CT molecular complexity index is 261. The van der Waals surface area contributed by atoms with Crippen LogP contribution in [0.3, 0.4) is 0 Å². The summed E-state index contributed by atoms with van der Waals surface area (Å²) in [5.41, 5.74) is -1.09. The topological polar surface area (TPSA) is 75.4 Å². The lowest BCUT2D eigenvalue weighted by Crippen LogP contribution is -2.43. The molecular formula is C7H10N2O3. The van der Waals surface area contributed by atoms with Gasteiger partial charge in [0.1, 0.15) is 12.0 Å². The van der Waals surface area contributed by atoms with Gasteiger partial charge in [0.2, 0.25) is 0 Å². The summed E-state index contributed by atoms with van der Waals surface area (Å²) in [6.45, 7) is 2.93. The van der Waals surface area contributed by atoms with Crippen molar-refractivity contribution in [1.29, 1.82) is 0 Å². The average Bonchev–Trinajstić information content (AvgIpc) is 2.32. The lowest BCUT2D eigenvalue weighted by molar-refractivity contribution is 0.0371. The van der Waals surface area contributed by atoms with E-state index in [4.69, 9.17) is 0 Å². The molecule has 0 spiro atoms. The van der Waals surface area contributed by atoms with Gasteiger partial charge >= 0.3 is 0 Å². The average molecular weight is 170 g/mol. The van der Waals surface area contributed by atoms with Gasteiger partial charge in [0.05, 0.1) is 0 Å². The molecule has 1 amide bonds. The maximum atomic E-state index is 11.1. The fourth-order valence-corrected chi connectivity index (χ4v) is 0.672. The maximum Gasteiger partial charge on any atom is 0.275 e. The highest BCUT2D eigenvalue weighted by atomic mass is 16.5. The lowest BCUT2D eigenvalue weighted by Gasteiger charge is -2.17. The van der Waals surface area contributed by atoms with Crippen LogP contribution in [0.1, 0.15) is 24.3 Å². The number of rotatable bonds is 2. The molecule has 0 saturated heterocycles. The van der Waals surface area contributed by atoms with E-state index in [0.29, 0.717) is 0 Å². The van der Waals surface area contributed by atoms with Crippen LogP contribution in [-0.4, -0.2) is 21.9 Å². The lowest BCUT2D eigenvalue weighted by atomic mass is 10.3. The smallest absolute Gasteiger partial charge is 0.275 e. The van der Waals surface area contributed by atoms with Crippen LogP contribution in [0, 0.1) is 0 Å². The van der Waals surface area contributed by atoms with Gasteiger partial charge in [-0.05, 0) is 13.8 Å². The first-order valence-electron chi connectivity index (χ1n) is 3.44. The molecule has 12 heavy (non-hydrogen) atoms. The van der Waals surface area contributed by atoms with E-state index in [1.807, 2.05) is 0 Å². The van der Waals surface area contributed by atoms with Gasteiger partial charge in [-0.1, -0.05) is 5.16 Å². The third-order valence-corrected chi connectivity index (χ3v) is 1.09. The van der Waals surface area contributed by atoms with Gasteiger partial charge in [-0.25, -0.2) is 0 Å². The number of aromatic nitrogens is 1. The molecule has 0 radical (unpaired) electrons. The van der Waals surface area contributed by atoms with Crippen molar-refractivity contribution in [2.24, 2.45) is 0 Å². The van der Waals surface area contributed by atoms with Crippen molar-refractivity contribution >= 4 is 5.91 Å². The van der Waals surface area contributed by atoms with Crippen molar-refractivity contribution < 1.29 is 14.4 Å². The highest BCUT2D eigenvalue weighted by Gasteiger charge is 2.18. The molecule has 66 valence electrons. The zero-order valence-electron chi connectivity index (χ0n) is 6.87. The standard InChI is InChI=1S/C7H10N2O3/c1-7(2,11)8-6(10)5-3-4-12-9-5/h3-4,11H,1-2H3,(H,8,10). The van der Waals surface area contributed by atoms with Gasteiger partial charge < -0.3 is 14.9 Å². The Morgan fingerprint density at radius 3 is 2.83 bits per heavy atom. The van der Waals surface area contributed by atoms with Gasteiger partial charge in [-0.2, -0.15) is 0 Å². The molecule has 1 aromatic heterocycles. The normalized spacial score (nSPS) is 11.2. The van der Waals surface area contributed by atoms with Crippen LogP contribution < -0.4 is 5.32 Å². The van der Waals surface area contributed by atoms with Crippen molar-refractivity contribution in [1.82, 2.24) is 10.5 Å². The molecule has 0 aliphatic carbocycles. The zero-order chi connectivity index (χ0) is 9.19. The highest BCUT2D eigenvalue weighted by molar-refractivity contribution is 5.92. The minimum absolute atomic E-state index is 0.150. The van der Waals surface area contributed by atoms with Crippen molar-refractivity contribution in [2.75, 3.05) is 0 Å². The first-order chi connectivity index (χ1) is 5.49. The molecular weight excluding hydrogens is 160 g/mol. The van der Waals surface area contributed by atoms with Crippen molar-refractivity contribution in [3.63, 3.8) is 0 Å². The molecule has 1 rings (SSSR count). The molecule has 1 heterocycles. The summed E-state index contributed by atoms with van der Waals surface area (Å²) < 4.78 is 4.46. The van der Waals surface area contributed by atoms with Crippen molar-refractivity contribution in [3.8, 4) is 0 Å². The van der Waals surface area contributed by atoms with Crippen LogP contribution >= 0.6 is 0 Å². The number of carbonyl (C=O) groups is 1. The van der Waals surface area contributed by atoms with Crippen LogP contribution in [0.4, 0.5) is 0 Å². The van der Waals surface area contributed by atoms with E-state index in [1.54, 1.807) is 0 Å². The molecule has 1 aromatic rings. The Labute approximate surface area is 69.4 Å². The Hall–Kier alpha value is -1.36. The van der Waals surface area contributed by atoms with Crippen LogP contribution in [0.5, 0.6) is 0 Å². The summed E-state index contributed by atoms with van der Waals surface area (Å²) in [6.07, 6.45) is 1.29. The number of carbonyl (C=O) groups excluding carboxylic acids is 1. The summed E-state index contributed by atoms with van der Waals surface area (Å²) in [6, 6.07) is 1.42. The van der Waals surface area contributed by atoms with E-state index >= 15 is 0 Å². The minimum atomic E-state index is -1.24. The predicted octanol–water partition coefficient (Wildman–Crippen LogP) is 0.133. The molecule has 0 aromatic carbocycles. The first-order valence-corrected chi connectivity index (χ1v) is 3.44. The van der Waals surface area contributed by atoms with Gasteiger partial charge in [-0.15, -0.1) is 0 Å². The highest BCUT2D eigenvalue weighted by Crippen LogP contribution is 1.99. The summed E-state index contributed by atoms with van der Waals surface area (Å²) in [4.78, 5) is 11.1. The molecule has 0 aliphatic heterocycles. The molecule has 2 N–H and O–H groups in total. The van der Waals surface area contributed by atoms with E-state index < -0.39 is 11.6 Å². The second-order valence-electron chi connectivity index (χ2n) is 2.90. The van der Waals surface area contributed by atoms with E-state index in [0.717, 1.165) is 0 Å². The zero-order valence-corrected chi connectivity index (χ0v) is 6.87. The summed E-state index contributed by atoms with van der Waals surface area (Å²) in [5, 5.41) is 14.9. The van der Waals surface area contributed by atoms with Gasteiger partial charge in [0, 0.05) is 6.07 Å². The number of hydrogen-bond donors (Lipinski definition) is 2. The Morgan fingerprint density at radius 2 is 2.42 bits per heavy atom. The minimum Gasteiger partial charge on any atom is -0.372 e. The Balaban J connectivity index is 2.63. The molecule has 0 atom stereocenters. The van der Waals surface area contributed by atoms with E-state index in [2.05, 4.69) is 15.0 Å². The largest absolute Gasteiger partial charge is 0.372 e. The van der Waals surface area contributed by atoms with Crippen molar-refractivity contribution in [3.05, 3.63) is 18.0 Å². The van der Waals surface area contributed by atoms with Crippen LogP contribution in [0.15, 0.2) is 16.9 Å². The third-order valence-electron chi connectivity index (χ3n) is 1.09. The van der Waals surface area contributed by atoms with E-state index in [-0.39, 0.29) is 5.69 Å². The number of nitrogens with zero attached hydrogens (tertiary/aromatic N) is 1. The summed E-state index contributed by atoms with van der Waals surface area (Å²) in [5.74, 6) is -0.462. The molecule has 0 fully saturated rings. The number of hydrogen-bond acceptors (Lipinski definition) is 4. The second kappa shape index (κ2) is 2.94. The SMILES string of the molecule is CC(C)(O)NC(=O)c1ccon1. The van der Waals surface area contributed by atoms with Crippen LogP contribution in [0.2, 0.25) is 0 Å². The third kappa shape index (κ3) is 2.35. The number of aliphatic hydroxyl groups is 1. The van der Waals surface area contributed by atoms with Gasteiger partial charge in [0.25, 0.3) is 5.91 Å². The van der Waals surface area contributed by atoms with E-state index in [9.17, 15) is 9.90 Å². The molecule has 5 heteroatoms. The maximum absolute atomic E-state index is 11.1. The summed E-state index contributed by atoms with van der Waals surface area (Å²) >= 11 is 0. The fourth-order valence-electron chi connectivity index (χ4n) is 0.672. The first kappa shape index (κ1) is 8.73. The van der Waals surface area contributed by atoms with Crippen molar-refractivity contribution in [2.45, 2.75) is 19.6 Å². The molecule has 0 bridgehead atoms. The van der Waals surface area contributed by atoms with Crippen LogP contribution in [-0.2, 0) is 0 Å². The molecule has 0 saturated carbocycles. The summed E-state index contributed by atoms with van der Waals surface area (Å²) in [7, 11) is 0. The monoisotopic (exact) mass is 170 g/mol. The van der Waals surface area contributed by atoms with Crippen LogP contribution in [0.25, 0.3) is 0 Å². The van der Waals surface area contributed by atoms with E-state index in [1.165, 1.54) is 26.2 Å². The number of nitrogens with one attached hydrogen (secondary N) is 1. The second-order valence-corrected chi connectivity index (χ2v) is 2.90. The predicted molar refractivity (Wildman–Crippen MR) is 40.3 cm³/mol. The Morgan fingerprint density at radius 1 is 1.75 bits per heavy atom. The van der Waals surface area contributed by atoms with Gasteiger partial charge in [0.15, 0.2) is 5.69 Å². The number of amides is 1.